The Morgan fingerprint density at radius 3 is 2.52 bits per heavy atom. The molecule has 2 aromatic rings. The highest BCUT2D eigenvalue weighted by Crippen LogP contribution is 2.40. The number of carbonyl (C=O) groups is 1. The van der Waals surface area contributed by atoms with Gasteiger partial charge in [0.2, 0.25) is 5.95 Å². The van der Waals surface area contributed by atoms with Gasteiger partial charge in [0.05, 0.1) is 24.1 Å². The molecule has 3 N–H and O–H groups in total. The molecule has 1 saturated heterocycles. The first kappa shape index (κ1) is 21.0. The van der Waals surface area contributed by atoms with E-state index in [1.165, 1.54) is 25.7 Å². The third-order valence-electron chi connectivity index (χ3n) is 7.58. The van der Waals surface area contributed by atoms with E-state index in [2.05, 4.69) is 35.7 Å². The van der Waals surface area contributed by atoms with Crippen LogP contribution < -0.4 is 16.0 Å². The maximum atomic E-state index is 12.4. The Labute approximate surface area is 198 Å². The normalized spacial score (nSPS) is 27.1. The van der Waals surface area contributed by atoms with Crippen LogP contribution in [0.3, 0.4) is 0 Å². The lowest BCUT2D eigenvalue weighted by atomic mass is 10.0. The summed E-state index contributed by atoms with van der Waals surface area (Å²) in [6.07, 6.45) is 14.7. The number of urea groups is 1. The number of nitrogens with zero attached hydrogens (tertiary/aromatic N) is 5. The molecule has 176 valence electrons. The highest BCUT2D eigenvalue weighted by Gasteiger charge is 2.43. The molecule has 6 rings (SSSR count). The zero-order chi connectivity index (χ0) is 22.4. The lowest BCUT2D eigenvalue weighted by Crippen LogP contribution is -2.40. The minimum Gasteiger partial charge on any atom is -0.366 e. The van der Waals surface area contributed by atoms with Gasteiger partial charge in [0.15, 0.2) is 5.82 Å². The van der Waals surface area contributed by atoms with Gasteiger partial charge in [0.1, 0.15) is 5.02 Å². The van der Waals surface area contributed by atoms with Gasteiger partial charge >= 0.3 is 6.03 Å². The second kappa shape index (κ2) is 8.66. The maximum absolute atomic E-state index is 12.4. The second-order valence-electron chi connectivity index (χ2n) is 10.1. The molecule has 2 unspecified atom stereocenters. The maximum Gasteiger partial charge on any atom is 0.317 e. The molecular formula is C23H31ClN8O. The Kier molecular flexibility index (Phi) is 5.52. The van der Waals surface area contributed by atoms with Crippen LogP contribution in [0.5, 0.6) is 0 Å². The van der Waals surface area contributed by atoms with Crippen molar-refractivity contribution >= 4 is 35.1 Å². The summed E-state index contributed by atoms with van der Waals surface area (Å²) in [5.74, 6) is 2.24. The van der Waals surface area contributed by atoms with Crippen LogP contribution in [0.25, 0.3) is 0 Å². The average Bonchev–Trinajstić information content (AvgIpc) is 3.23. The molecule has 4 fully saturated rings. The van der Waals surface area contributed by atoms with Crippen molar-refractivity contribution in [2.24, 2.45) is 11.8 Å². The number of anilines is 3. The molecule has 0 spiro atoms. The Morgan fingerprint density at radius 2 is 1.79 bits per heavy atom. The van der Waals surface area contributed by atoms with Gasteiger partial charge in [-0.25, -0.2) is 9.78 Å². The van der Waals surface area contributed by atoms with Crippen molar-refractivity contribution in [3.8, 4) is 0 Å². The van der Waals surface area contributed by atoms with Crippen molar-refractivity contribution in [2.45, 2.75) is 69.5 Å². The first-order chi connectivity index (χ1) is 16.1. The summed E-state index contributed by atoms with van der Waals surface area (Å²) in [5.41, 5.74) is 0.884. The van der Waals surface area contributed by atoms with E-state index in [-0.39, 0.29) is 6.03 Å². The van der Waals surface area contributed by atoms with E-state index in [0.29, 0.717) is 46.8 Å². The molecule has 0 radical (unpaired) electrons. The van der Waals surface area contributed by atoms with Crippen LogP contribution in [0.4, 0.5) is 22.2 Å². The van der Waals surface area contributed by atoms with Gasteiger partial charge in [-0.3, -0.25) is 4.68 Å². The Morgan fingerprint density at radius 1 is 1.03 bits per heavy atom. The first-order valence-electron chi connectivity index (χ1n) is 12.3. The molecule has 10 heteroatoms. The highest BCUT2D eigenvalue weighted by atomic mass is 35.5. The molecule has 3 saturated carbocycles. The molecule has 3 aliphatic carbocycles. The molecule has 4 aliphatic rings. The van der Waals surface area contributed by atoms with Crippen LogP contribution in [-0.2, 0) is 0 Å². The summed E-state index contributed by atoms with van der Waals surface area (Å²) in [6, 6.07) is 1.33. The van der Waals surface area contributed by atoms with E-state index in [1.54, 1.807) is 6.20 Å². The molecule has 0 aromatic carbocycles. The van der Waals surface area contributed by atoms with Crippen molar-refractivity contribution in [3.63, 3.8) is 0 Å². The zero-order valence-electron chi connectivity index (χ0n) is 18.7. The van der Waals surface area contributed by atoms with Crippen molar-refractivity contribution in [2.75, 3.05) is 23.7 Å². The van der Waals surface area contributed by atoms with Gasteiger partial charge in [-0.1, -0.05) is 24.4 Å². The van der Waals surface area contributed by atoms with E-state index in [1.807, 2.05) is 17.3 Å². The van der Waals surface area contributed by atoms with Gasteiger partial charge < -0.3 is 20.9 Å². The van der Waals surface area contributed by atoms with Crippen molar-refractivity contribution < 1.29 is 4.79 Å². The summed E-state index contributed by atoms with van der Waals surface area (Å²) in [5, 5.41) is 14.9. The fraction of sp³-hybridized carbons (Fsp3) is 0.652. The van der Waals surface area contributed by atoms with Gasteiger partial charge in [-0.15, -0.1) is 0 Å². The molecule has 1 aliphatic heterocycles. The summed E-state index contributed by atoms with van der Waals surface area (Å²) >= 11 is 6.41. The molecule has 0 bridgehead atoms. The second-order valence-corrected chi connectivity index (χ2v) is 10.5. The zero-order valence-corrected chi connectivity index (χ0v) is 19.5. The minimum atomic E-state index is 0.113. The lowest BCUT2D eigenvalue weighted by molar-refractivity contribution is 0.204. The number of hydrogen-bond acceptors (Lipinski definition) is 6. The number of amides is 2. The molecule has 2 aromatic heterocycles. The van der Waals surface area contributed by atoms with Crippen molar-refractivity contribution in [1.29, 1.82) is 0 Å². The SMILES string of the molecule is O=C(NC1CC1)N1CC2CC(Nc3nc(Nc4cnn(C5CCCC5)c4)ncc3Cl)CC2C1. The average molecular weight is 471 g/mol. The van der Waals surface area contributed by atoms with Crippen LogP contribution in [0.2, 0.25) is 5.02 Å². The number of hydrogen-bond donors (Lipinski definition) is 3. The van der Waals surface area contributed by atoms with Crippen LogP contribution in [0.15, 0.2) is 18.6 Å². The number of carbonyl (C=O) groups excluding carboxylic acids is 1. The number of aromatic nitrogens is 4. The smallest absolute Gasteiger partial charge is 0.317 e. The molecule has 33 heavy (non-hydrogen) atoms. The van der Waals surface area contributed by atoms with Crippen molar-refractivity contribution in [1.82, 2.24) is 30.0 Å². The van der Waals surface area contributed by atoms with E-state index in [9.17, 15) is 4.79 Å². The van der Waals surface area contributed by atoms with Gasteiger partial charge in [0, 0.05) is 31.4 Å². The quantitative estimate of drug-likeness (QED) is 0.585. The summed E-state index contributed by atoms with van der Waals surface area (Å²) in [7, 11) is 0. The van der Waals surface area contributed by atoms with E-state index in [4.69, 9.17) is 11.6 Å². The van der Waals surface area contributed by atoms with E-state index >= 15 is 0 Å². The number of likely N-dealkylation sites (tertiary alicyclic amines) is 1. The molecule has 9 nitrogen and oxygen atoms in total. The van der Waals surface area contributed by atoms with Crippen LogP contribution in [-0.4, -0.2) is 55.9 Å². The molecular weight excluding hydrogens is 440 g/mol. The third kappa shape index (κ3) is 4.60. The number of halogens is 1. The van der Waals surface area contributed by atoms with Crippen LogP contribution in [0.1, 0.15) is 57.4 Å². The minimum absolute atomic E-state index is 0.113. The van der Waals surface area contributed by atoms with Gasteiger partial charge in [-0.2, -0.15) is 10.1 Å². The predicted octanol–water partition coefficient (Wildman–Crippen LogP) is 4.18. The Bertz CT molecular complexity index is 1000. The fourth-order valence-electron chi connectivity index (χ4n) is 5.70. The summed E-state index contributed by atoms with van der Waals surface area (Å²) < 4.78 is 2.05. The predicted molar refractivity (Wildman–Crippen MR) is 127 cm³/mol. The topological polar surface area (TPSA) is 100 Å². The number of fused-ring (bicyclic) bond motifs is 1. The van der Waals surface area contributed by atoms with E-state index < -0.39 is 0 Å². The fourth-order valence-corrected chi connectivity index (χ4v) is 5.84. The molecule has 3 heterocycles. The molecule has 2 atom stereocenters. The molecule has 2 amide bonds. The third-order valence-corrected chi connectivity index (χ3v) is 7.86. The standard InChI is InChI=1S/C23H31ClN8O/c24-20-10-25-22(28-18-9-26-32(13-18)19-3-1-2-4-19)30-21(20)27-17-7-14-11-31(12-15(14)8-17)23(33)29-16-5-6-16/h9-10,13-17,19H,1-8,11-12H2,(H,29,33)(H2,25,27,28,30). The van der Waals surface area contributed by atoms with Crippen LogP contribution >= 0.6 is 11.6 Å². The van der Waals surface area contributed by atoms with Gasteiger partial charge in [0.25, 0.3) is 0 Å². The number of rotatable bonds is 6. The highest BCUT2D eigenvalue weighted by molar-refractivity contribution is 6.32. The Balaban J connectivity index is 1.05. The van der Waals surface area contributed by atoms with Crippen LogP contribution in [0, 0.1) is 11.8 Å². The monoisotopic (exact) mass is 470 g/mol. The summed E-state index contributed by atoms with van der Waals surface area (Å²) in [6.45, 7) is 1.69. The summed E-state index contributed by atoms with van der Waals surface area (Å²) in [4.78, 5) is 23.3. The first-order valence-corrected chi connectivity index (χ1v) is 12.6. The Hall–Kier alpha value is -2.55. The van der Waals surface area contributed by atoms with Gasteiger partial charge in [-0.05, 0) is 50.4 Å². The largest absolute Gasteiger partial charge is 0.366 e. The number of nitrogens with one attached hydrogen (secondary N) is 3. The lowest BCUT2D eigenvalue weighted by Gasteiger charge is -2.21. The van der Waals surface area contributed by atoms with Crippen molar-refractivity contribution in [3.05, 3.63) is 23.6 Å². The van der Waals surface area contributed by atoms with E-state index in [0.717, 1.165) is 44.5 Å².